The number of fused-ring (bicyclic) bond motifs is 1. The second-order valence-electron chi connectivity index (χ2n) is 4.46. The van der Waals surface area contributed by atoms with Crippen molar-refractivity contribution in [2.75, 3.05) is 37.1 Å². The van der Waals surface area contributed by atoms with Crippen LogP contribution in [0.4, 0.5) is 11.5 Å². The van der Waals surface area contributed by atoms with E-state index in [4.69, 9.17) is 15.2 Å². The standard InChI is InChI=1S/C14H18N4O4S2/c1-4-21-7(19)6-16-11-8-9(15)10(13(20)22-5-2)24-12(8)18-14(17-11)23-3/h4-6,15H2,1-3H3,(H,16,17,18). The molecule has 3 N–H and O–H groups in total. The van der Waals surface area contributed by atoms with E-state index in [0.29, 0.717) is 27.8 Å². The van der Waals surface area contributed by atoms with Gasteiger partial charge in [0.2, 0.25) is 0 Å². The van der Waals surface area contributed by atoms with E-state index < -0.39 is 11.9 Å². The Bertz CT molecular complexity index is 763. The number of rotatable bonds is 7. The number of hydrogen-bond acceptors (Lipinski definition) is 10. The second-order valence-corrected chi connectivity index (χ2v) is 6.24. The van der Waals surface area contributed by atoms with Crippen LogP contribution in [0.25, 0.3) is 10.2 Å². The molecule has 0 unspecified atom stereocenters. The molecule has 0 radical (unpaired) electrons. The monoisotopic (exact) mass is 370 g/mol. The van der Waals surface area contributed by atoms with Gasteiger partial charge in [0.1, 0.15) is 22.1 Å². The topological polar surface area (TPSA) is 116 Å². The molecule has 10 heteroatoms. The number of nitrogen functional groups attached to an aromatic ring is 1. The van der Waals surface area contributed by atoms with E-state index in [1.165, 1.54) is 11.8 Å². The SMILES string of the molecule is CCOC(=O)CNc1nc(SC)nc2sc(C(=O)OCC)c(N)c12. The average molecular weight is 370 g/mol. The number of nitrogens with two attached hydrogens (primary N) is 1. The molecular weight excluding hydrogens is 352 g/mol. The molecule has 2 aromatic rings. The fourth-order valence-corrected chi connectivity index (χ4v) is 3.35. The highest BCUT2D eigenvalue weighted by Gasteiger charge is 2.22. The number of thioether (sulfide) groups is 1. The highest BCUT2D eigenvalue weighted by Crippen LogP contribution is 2.37. The number of ether oxygens (including phenoxy) is 2. The van der Waals surface area contributed by atoms with Gasteiger partial charge in [-0.2, -0.15) is 0 Å². The summed E-state index contributed by atoms with van der Waals surface area (Å²) in [6.45, 7) is 3.94. The van der Waals surface area contributed by atoms with E-state index >= 15 is 0 Å². The number of nitrogens with zero attached hydrogens (tertiary/aromatic N) is 2. The summed E-state index contributed by atoms with van der Waals surface area (Å²) in [5.74, 6) is -0.517. The number of carbonyl (C=O) groups is 2. The summed E-state index contributed by atoms with van der Waals surface area (Å²) in [6, 6.07) is 0. The number of anilines is 2. The highest BCUT2D eigenvalue weighted by molar-refractivity contribution is 7.98. The Morgan fingerprint density at radius 2 is 1.96 bits per heavy atom. The zero-order valence-corrected chi connectivity index (χ0v) is 15.2. The van der Waals surface area contributed by atoms with Crippen molar-refractivity contribution in [2.45, 2.75) is 19.0 Å². The van der Waals surface area contributed by atoms with E-state index in [2.05, 4.69) is 15.3 Å². The van der Waals surface area contributed by atoms with Crippen LogP contribution < -0.4 is 11.1 Å². The predicted molar refractivity (Wildman–Crippen MR) is 94.7 cm³/mol. The van der Waals surface area contributed by atoms with Gasteiger partial charge in [0.25, 0.3) is 0 Å². The minimum absolute atomic E-state index is 0.0577. The van der Waals surface area contributed by atoms with Gasteiger partial charge >= 0.3 is 11.9 Å². The molecule has 0 fully saturated rings. The fourth-order valence-electron chi connectivity index (χ4n) is 1.94. The van der Waals surface area contributed by atoms with E-state index in [-0.39, 0.29) is 23.7 Å². The molecule has 0 spiro atoms. The lowest BCUT2D eigenvalue weighted by molar-refractivity contribution is -0.140. The molecule has 2 aromatic heterocycles. The predicted octanol–water partition coefficient (Wildman–Crippen LogP) is 2.15. The molecule has 0 saturated carbocycles. The quantitative estimate of drug-likeness (QED) is 0.429. The second kappa shape index (κ2) is 8.15. The van der Waals surface area contributed by atoms with Crippen molar-refractivity contribution in [1.29, 1.82) is 0 Å². The van der Waals surface area contributed by atoms with Crippen molar-refractivity contribution >= 4 is 56.8 Å². The smallest absolute Gasteiger partial charge is 0.350 e. The van der Waals surface area contributed by atoms with E-state index in [0.717, 1.165) is 11.3 Å². The van der Waals surface area contributed by atoms with Crippen molar-refractivity contribution in [3.05, 3.63) is 4.88 Å². The Morgan fingerprint density at radius 3 is 2.58 bits per heavy atom. The van der Waals surface area contributed by atoms with Gasteiger partial charge in [0.05, 0.1) is 24.3 Å². The maximum absolute atomic E-state index is 12.0. The fraction of sp³-hybridized carbons (Fsp3) is 0.429. The van der Waals surface area contributed by atoms with Gasteiger partial charge in [-0.15, -0.1) is 11.3 Å². The third-order valence-corrected chi connectivity index (χ3v) is 4.54. The van der Waals surface area contributed by atoms with Crippen molar-refractivity contribution in [3.8, 4) is 0 Å². The van der Waals surface area contributed by atoms with Crippen LogP contribution in [0.3, 0.4) is 0 Å². The van der Waals surface area contributed by atoms with Crippen LogP contribution in [0.1, 0.15) is 23.5 Å². The maximum Gasteiger partial charge on any atom is 0.350 e. The molecule has 0 aliphatic rings. The lowest BCUT2D eigenvalue weighted by Gasteiger charge is -2.08. The minimum Gasteiger partial charge on any atom is -0.465 e. The van der Waals surface area contributed by atoms with E-state index in [1.54, 1.807) is 13.8 Å². The summed E-state index contributed by atoms with van der Waals surface area (Å²) in [6.07, 6.45) is 1.83. The van der Waals surface area contributed by atoms with Crippen molar-refractivity contribution < 1.29 is 19.1 Å². The molecule has 0 aliphatic heterocycles. The summed E-state index contributed by atoms with van der Waals surface area (Å²) < 4.78 is 9.89. The summed E-state index contributed by atoms with van der Waals surface area (Å²) in [4.78, 5) is 33.1. The van der Waals surface area contributed by atoms with Crippen LogP contribution in [0.2, 0.25) is 0 Å². The van der Waals surface area contributed by atoms with Gasteiger partial charge in [-0.05, 0) is 20.1 Å². The van der Waals surface area contributed by atoms with Crippen molar-refractivity contribution in [1.82, 2.24) is 9.97 Å². The van der Waals surface area contributed by atoms with Gasteiger partial charge in [-0.3, -0.25) is 4.79 Å². The first kappa shape index (κ1) is 18.3. The zero-order chi connectivity index (χ0) is 17.7. The molecule has 0 amide bonds. The summed E-state index contributed by atoms with van der Waals surface area (Å²) in [5.41, 5.74) is 6.34. The average Bonchev–Trinajstić information content (AvgIpc) is 2.90. The minimum atomic E-state index is -0.500. The summed E-state index contributed by atoms with van der Waals surface area (Å²) >= 11 is 2.49. The highest BCUT2D eigenvalue weighted by atomic mass is 32.2. The first-order chi connectivity index (χ1) is 11.5. The molecule has 0 atom stereocenters. The first-order valence-electron chi connectivity index (χ1n) is 7.22. The molecule has 0 aliphatic carbocycles. The summed E-state index contributed by atoms with van der Waals surface area (Å²) in [7, 11) is 0. The van der Waals surface area contributed by atoms with Crippen molar-refractivity contribution in [2.24, 2.45) is 0 Å². The van der Waals surface area contributed by atoms with Gasteiger partial charge in [-0.1, -0.05) is 11.8 Å². The van der Waals surface area contributed by atoms with Crippen LogP contribution in [0, 0.1) is 0 Å². The molecular formula is C14H18N4O4S2. The van der Waals surface area contributed by atoms with Crippen LogP contribution >= 0.6 is 23.1 Å². The normalized spacial score (nSPS) is 10.6. The van der Waals surface area contributed by atoms with Gasteiger partial charge in [0.15, 0.2) is 5.16 Å². The molecule has 0 bridgehead atoms. The Labute approximate surface area is 147 Å². The van der Waals surface area contributed by atoms with Gasteiger partial charge < -0.3 is 20.5 Å². The van der Waals surface area contributed by atoms with Gasteiger partial charge in [0, 0.05) is 0 Å². The zero-order valence-electron chi connectivity index (χ0n) is 13.5. The Morgan fingerprint density at radius 1 is 1.25 bits per heavy atom. The molecule has 0 saturated heterocycles. The molecule has 0 aromatic carbocycles. The number of nitrogens with one attached hydrogen (secondary N) is 1. The van der Waals surface area contributed by atoms with E-state index in [1.807, 2.05) is 6.26 Å². The summed E-state index contributed by atoms with van der Waals surface area (Å²) in [5, 5.41) is 3.92. The maximum atomic E-state index is 12.0. The van der Waals surface area contributed by atoms with Crippen LogP contribution in [0.5, 0.6) is 0 Å². The third kappa shape index (κ3) is 3.88. The number of hydrogen-bond donors (Lipinski definition) is 2. The molecule has 130 valence electrons. The Kier molecular flexibility index (Phi) is 6.21. The molecule has 8 nitrogen and oxygen atoms in total. The third-order valence-electron chi connectivity index (χ3n) is 2.92. The number of esters is 2. The largest absolute Gasteiger partial charge is 0.465 e. The number of thiophene rings is 1. The number of aromatic nitrogens is 2. The molecule has 24 heavy (non-hydrogen) atoms. The van der Waals surface area contributed by atoms with Gasteiger partial charge in [-0.25, -0.2) is 14.8 Å². The van der Waals surface area contributed by atoms with Crippen LogP contribution in [-0.2, 0) is 14.3 Å². The first-order valence-corrected chi connectivity index (χ1v) is 9.26. The van der Waals surface area contributed by atoms with Crippen LogP contribution in [-0.4, -0.2) is 47.9 Å². The molecule has 2 rings (SSSR count). The van der Waals surface area contributed by atoms with Crippen LogP contribution in [0.15, 0.2) is 5.16 Å². The Balaban J connectivity index is 2.44. The lowest BCUT2D eigenvalue weighted by Crippen LogP contribution is -2.17. The van der Waals surface area contributed by atoms with Crippen molar-refractivity contribution in [3.63, 3.8) is 0 Å². The molecule has 2 heterocycles. The number of carbonyl (C=O) groups excluding carboxylic acids is 2. The van der Waals surface area contributed by atoms with E-state index in [9.17, 15) is 9.59 Å². The lowest BCUT2D eigenvalue weighted by atomic mass is 10.3. The Hall–Kier alpha value is -2.07.